The molecule has 0 rings (SSSR count). The number of allylic oxidation sites excluding steroid dienone is 2. The molecule has 0 radical (unpaired) electrons. The van der Waals surface area contributed by atoms with Crippen LogP contribution >= 0.6 is 0 Å². The summed E-state index contributed by atoms with van der Waals surface area (Å²) in [6.45, 7) is 2.16. The molecule has 17 heavy (non-hydrogen) atoms. The van der Waals surface area contributed by atoms with Crippen molar-refractivity contribution in [1.29, 1.82) is 0 Å². The molecule has 0 spiro atoms. The molecule has 0 aromatic rings. The summed E-state index contributed by atoms with van der Waals surface area (Å²) in [5.41, 5.74) is 0. The van der Waals surface area contributed by atoms with Gasteiger partial charge in [0, 0.05) is 0 Å². The van der Waals surface area contributed by atoms with E-state index in [0.717, 1.165) is 25.7 Å². The number of hydrogen-bond donors (Lipinski definition) is 2. The van der Waals surface area contributed by atoms with E-state index in [9.17, 15) is 9.59 Å². The SMILES string of the molecule is CC/C=C/CCCCN(CC(=O)O)CC(=O)O. The molecular formula is C12H21NO4. The van der Waals surface area contributed by atoms with Gasteiger partial charge in [-0.1, -0.05) is 19.1 Å². The van der Waals surface area contributed by atoms with Crippen molar-refractivity contribution in [1.82, 2.24) is 4.90 Å². The molecule has 0 aliphatic heterocycles. The molecule has 98 valence electrons. The lowest BCUT2D eigenvalue weighted by atomic mass is 10.2. The zero-order valence-corrected chi connectivity index (χ0v) is 10.3. The van der Waals surface area contributed by atoms with Crippen LogP contribution in [0.25, 0.3) is 0 Å². The van der Waals surface area contributed by atoms with Gasteiger partial charge < -0.3 is 10.2 Å². The van der Waals surface area contributed by atoms with E-state index in [4.69, 9.17) is 10.2 Å². The summed E-state index contributed by atoms with van der Waals surface area (Å²) in [7, 11) is 0. The Morgan fingerprint density at radius 3 is 2.12 bits per heavy atom. The van der Waals surface area contributed by atoms with Gasteiger partial charge in [-0.25, -0.2) is 0 Å². The summed E-state index contributed by atoms with van der Waals surface area (Å²) in [6.07, 6.45) is 7.93. The number of rotatable bonds is 10. The smallest absolute Gasteiger partial charge is 0.317 e. The first-order valence-electron chi connectivity index (χ1n) is 5.87. The summed E-state index contributed by atoms with van der Waals surface area (Å²) in [5, 5.41) is 17.2. The number of carboxylic acid groups (broad SMARTS) is 2. The molecule has 0 amide bonds. The molecule has 0 heterocycles. The van der Waals surface area contributed by atoms with Gasteiger partial charge in [0.1, 0.15) is 0 Å². The van der Waals surface area contributed by atoms with E-state index in [1.165, 1.54) is 4.90 Å². The van der Waals surface area contributed by atoms with E-state index in [1.54, 1.807) is 0 Å². The van der Waals surface area contributed by atoms with Crippen LogP contribution in [0.2, 0.25) is 0 Å². The van der Waals surface area contributed by atoms with Gasteiger partial charge in [-0.05, 0) is 32.2 Å². The molecule has 2 N–H and O–H groups in total. The Balaban J connectivity index is 3.79. The Hall–Kier alpha value is -1.36. The van der Waals surface area contributed by atoms with Gasteiger partial charge in [-0.2, -0.15) is 0 Å². The Morgan fingerprint density at radius 2 is 1.65 bits per heavy atom. The molecule has 0 aromatic heterocycles. The highest BCUT2D eigenvalue weighted by Crippen LogP contribution is 2.00. The maximum absolute atomic E-state index is 10.5. The molecule has 5 nitrogen and oxygen atoms in total. The predicted molar refractivity (Wildman–Crippen MR) is 65.0 cm³/mol. The van der Waals surface area contributed by atoms with Gasteiger partial charge in [0.25, 0.3) is 0 Å². The molecule has 0 atom stereocenters. The Morgan fingerprint density at radius 1 is 1.06 bits per heavy atom. The van der Waals surface area contributed by atoms with Crippen molar-refractivity contribution in [3.8, 4) is 0 Å². The van der Waals surface area contributed by atoms with Gasteiger partial charge in [-0.3, -0.25) is 14.5 Å². The summed E-state index contributed by atoms with van der Waals surface area (Å²) < 4.78 is 0. The van der Waals surface area contributed by atoms with Crippen molar-refractivity contribution in [3.63, 3.8) is 0 Å². The highest BCUT2D eigenvalue weighted by molar-refractivity contribution is 5.72. The first-order chi connectivity index (χ1) is 8.06. The Kier molecular flexibility index (Phi) is 9.05. The predicted octanol–water partition coefficient (Wildman–Crippen LogP) is 1.59. The lowest BCUT2D eigenvalue weighted by molar-refractivity contribution is -0.141. The minimum absolute atomic E-state index is 0.211. The van der Waals surface area contributed by atoms with Gasteiger partial charge in [0.05, 0.1) is 13.1 Å². The van der Waals surface area contributed by atoms with Crippen molar-refractivity contribution in [2.75, 3.05) is 19.6 Å². The first-order valence-corrected chi connectivity index (χ1v) is 5.87. The van der Waals surface area contributed by atoms with Crippen molar-refractivity contribution in [2.45, 2.75) is 32.6 Å². The van der Waals surface area contributed by atoms with Crippen molar-refractivity contribution < 1.29 is 19.8 Å². The fraction of sp³-hybridized carbons (Fsp3) is 0.667. The number of nitrogens with zero attached hydrogens (tertiary/aromatic N) is 1. The van der Waals surface area contributed by atoms with Crippen molar-refractivity contribution in [3.05, 3.63) is 12.2 Å². The summed E-state index contributed by atoms with van der Waals surface area (Å²) in [5.74, 6) is -1.98. The minimum Gasteiger partial charge on any atom is -0.480 e. The summed E-state index contributed by atoms with van der Waals surface area (Å²) in [4.78, 5) is 22.5. The second-order valence-corrected chi connectivity index (χ2v) is 3.87. The van der Waals surface area contributed by atoms with Crippen LogP contribution in [0.4, 0.5) is 0 Å². The van der Waals surface area contributed by atoms with E-state index in [-0.39, 0.29) is 13.1 Å². The van der Waals surface area contributed by atoms with Gasteiger partial charge in [0.15, 0.2) is 0 Å². The van der Waals surface area contributed by atoms with Crippen LogP contribution in [0.3, 0.4) is 0 Å². The number of unbranched alkanes of at least 4 members (excludes halogenated alkanes) is 2. The van der Waals surface area contributed by atoms with E-state index >= 15 is 0 Å². The molecule has 0 bridgehead atoms. The molecule has 0 aromatic carbocycles. The lowest BCUT2D eigenvalue weighted by Crippen LogP contribution is -2.35. The van der Waals surface area contributed by atoms with Gasteiger partial charge in [0.2, 0.25) is 0 Å². The Bertz CT molecular complexity index is 247. The first kappa shape index (κ1) is 15.6. The van der Waals surface area contributed by atoms with E-state index < -0.39 is 11.9 Å². The van der Waals surface area contributed by atoms with Crippen LogP contribution < -0.4 is 0 Å². The molecule has 0 fully saturated rings. The van der Waals surface area contributed by atoms with Crippen LogP contribution in [-0.4, -0.2) is 46.7 Å². The third kappa shape index (κ3) is 10.9. The van der Waals surface area contributed by atoms with E-state index in [2.05, 4.69) is 19.1 Å². The quantitative estimate of drug-likeness (QED) is 0.450. The minimum atomic E-state index is -0.989. The average Bonchev–Trinajstić information content (AvgIpc) is 2.21. The summed E-state index contributed by atoms with van der Waals surface area (Å²) >= 11 is 0. The maximum Gasteiger partial charge on any atom is 0.317 e. The van der Waals surface area contributed by atoms with Crippen LogP contribution in [0.1, 0.15) is 32.6 Å². The van der Waals surface area contributed by atoms with Crippen molar-refractivity contribution >= 4 is 11.9 Å². The van der Waals surface area contributed by atoms with Crippen LogP contribution in [-0.2, 0) is 9.59 Å². The number of carbonyl (C=O) groups is 2. The van der Waals surface area contributed by atoms with Crippen molar-refractivity contribution in [2.24, 2.45) is 0 Å². The zero-order valence-electron chi connectivity index (χ0n) is 10.3. The molecule has 0 saturated carbocycles. The molecule has 5 heteroatoms. The van der Waals surface area contributed by atoms with E-state index in [0.29, 0.717) is 6.54 Å². The molecular weight excluding hydrogens is 222 g/mol. The number of carboxylic acids is 2. The second-order valence-electron chi connectivity index (χ2n) is 3.87. The normalized spacial score (nSPS) is 11.2. The third-order valence-corrected chi connectivity index (χ3v) is 2.22. The maximum atomic E-state index is 10.5. The Labute approximate surface area is 102 Å². The molecule has 0 aliphatic carbocycles. The van der Waals surface area contributed by atoms with Crippen LogP contribution in [0.15, 0.2) is 12.2 Å². The van der Waals surface area contributed by atoms with Crippen LogP contribution in [0, 0.1) is 0 Å². The summed E-state index contributed by atoms with van der Waals surface area (Å²) in [6, 6.07) is 0. The van der Waals surface area contributed by atoms with Gasteiger partial charge in [-0.15, -0.1) is 0 Å². The zero-order chi connectivity index (χ0) is 13.1. The van der Waals surface area contributed by atoms with Gasteiger partial charge >= 0.3 is 11.9 Å². The van der Waals surface area contributed by atoms with Crippen LogP contribution in [0.5, 0.6) is 0 Å². The molecule has 0 unspecified atom stereocenters. The standard InChI is InChI=1S/C12H21NO4/c1-2-3-4-5-6-7-8-13(9-11(14)15)10-12(16)17/h3-4H,2,5-10H2,1H3,(H,14,15)(H,16,17)/b4-3+. The van der Waals surface area contributed by atoms with E-state index in [1.807, 2.05) is 0 Å². The third-order valence-electron chi connectivity index (χ3n) is 2.22. The number of aliphatic carboxylic acids is 2. The highest BCUT2D eigenvalue weighted by Gasteiger charge is 2.12. The largest absolute Gasteiger partial charge is 0.480 e. The number of hydrogen-bond acceptors (Lipinski definition) is 3. The monoisotopic (exact) mass is 243 g/mol. The second kappa shape index (κ2) is 9.84. The molecule has 0 aliphatic rings. The lowest BCUT2D eigenvalue weighted by Gasteiger charge is -2.17. The molecule has 0 saturated heterocycles. The topological polar surface area (TPSA) is 77.8 Å². The fourth-order valence-electron chi connectivity index (χ4n) is 1.48. The average molecular weight is 243 g/mol. The highest BCUT2D eigenvalue weighted by atomic mass is 16.4. The fourth-order valence-corrected chi connectivity index (χ4v) is 1.48.